The summed E-state index contributed by atoms with van der Waals surface area (Å²) in [6.07, 6.45) is 7.14. The van der Waals surface area contributed by atoms with Crippen molar-refractivity contribution in [1.29, 1.82) is 0 Å². The largest absolute Gasteiger partial charge is 0.259 e. The molecule has 0 aromatic heterocycles. The molecule has 12 heavy (non-hydrogen) atoms. The summed E-state index contributed by atoms with van der Waals surface area (Å²) >= 11 is 0. The zero-order valence-corrected chi connectivity index (χ0v) is 7.45. The Morgan fingerprint density at radius 1 is 1.58 bits per heavy atom. The maximum atomic E-state index is 10.5. The lowest BCUT2D eigenvalue weighted by Crippen LogP contribution is -2.00. The Hall–Kier alpha value is -0.860. The molecule has 68 valence electrons. The van der Waals surface area contributed by atoms with E-state index in [4.69, 9.17) is 0 Å². The summed E-state index contributed by atoms with van der Waals surface area (Å²) < 4.78 is 0. The third-order valence-electron chi connectivity index (χ3n) is 2.42. The number of nitro groups is 1. The molecule has 0 aromatic carbocycles. The van der Waals surface area contributed by atoms with Crippen molar-refractivity contribution in [2.24, 2.45) is 5.92 Å². The molecule has 0 saturated heterocycles. The second-order valence-corrected chi connectivity index (χ2v) is 3.31. The van der Waals surface area contributed by atoms with Crippen molar-refractivity contribution in [2.75, 3.05) is 0 Å². The minimum absolute atomic E-state index is 0.252. The van der Waals surface area contributed by atoms with Gasteiger partial charge in [0.2, 0.25) is 5.70 Å². The van der Waals surface area contributed by atoms with Crippen molar-refractivity contribution in [1.82, 2.24) is 0 Å². The predicted molar refractivity (Wildman–Crippen MR) is 47.3 cm³/mol. The predicted octanol–water partition coefficient (Wildman–Crippen LogP) is 2.75. The van der Waals surface area contributed by atoms with Gasteiger partial charge in [0.15, 0.2) is 0 Å². The summed E-state index contributed by atoms with van der Waals surface area (Å²) in [4.78, 5) is 10.2. The fourth-order valence-electron chi connectivity index (χ4n) is 1.70. The second-order valence-electron chi connectivity index (χ2n) is 3.31. The van der Waals surface area contributed by atoms with Gasteiger partial charge in [0.05, 0.1) is 4.92 Å². The smallest absolute Gasteiger partial charge is 0.242 e. The van der Waals surface area contributed by atoms with E-state index in [1.165, 1.54) is 12.8 Å². The molecule has 0 heterocycles. The van der Waals surface area contributed by atoms with Crippen LogP contribution in [0.5, 0.6) is 0 Å². The van der Waals surface area contributed by atoms with Crippen molar-refractivity contribution in [3.63, 3.8) is 0 Å². The van der Waals surface area contributed by atoms with E-state index in [0.29, 0.717) is 18.0 Å². The quantitative estimate of drug-likeness (QED) is 0.481. The summed E-state index contributed by atoms with van der Waals surface area (Å²) in [7, 11) is 0. The first-order chi connectivity index (χ1) is 5.74. The van der Waals surface area contributed by atoms with E-state index in [9.17, 15) is 10.1 Å². The Balaban J connectivity index is 2.56. The number of nitrogens with zero attached hydrogens (tertiary/aromatic N) is 1. The average Bonchev–Trinajstić information content (AvgIpc) is 2.51. The molecule has 0 atom stereocenters. The van der Waals surface area contributed by atoms with Gasteiger partial charge < -0.3 is 0 Å². The number of rotatable bonds is 3. The molecule has 1 fully saturated rings. The summed E-state index contributed by atoms with van der Waals surface area (Å²) in [5.41, 5.74) is 0.391. The van der Waals surface area contributed by atoms with E-state index in [-0.39, 0.29) is 4.92 Å². The van der Waals surface area contributed by atoms with Crippen LogP contribution in [0.25, 0.3) is 0 Å². The van der Waals surface area contributed by atoms with Crippen LogP contribution in [-0.4, -0.2) is 4.92 Å². The summed E-state index contributed by atoms with van der Waals surface area (Å²) in [5.74, 6) is 0.477. The molecule has 1 saturated carbocycles. The van der Waals surface area contributed by atoms with Gasteiger partial charge in [-0.1, -0.05) is 19.8 Å². The number of allylic oxidation sites excluding steroid dienone is 2. The summed E-state index contributed by atoms with van der Waals surface area (Å²) in [5, 5.41) is 10.5. The molecule has 0 bridgehead atoms. The van der Waals surface area contributed by atoms with Gasteiger partial charge in [-0.25, -0.2) is 0 Å². The Labute approximate surface area is 72.6 Å². The minimum Gasteiger partial charge on any atom is -0.259 e. The zero-order valence-electron chi connectivity index (χ0n) is 7.45. The topological polar surface area (TPSA) is 43.1 Å². The SMILES string of the molecule is CCC(=CC1CCCC1)[N+](=O)[O-]. The van der Waals surface area contributed by atoms with Crippen molar-refractivity contribution in [3.8, 4) is 0 Å². The number of hydrogen-bond donors (Lipinski definition) is 0. The monoisotopic (exact) mass is 169 g/mol. The van der Waals surface area contributed by atoms with E-state index in [1.807, 2.05) is 13.0 Å². The molecule has 3 nitrogen and oxygen atoms in total. The maximum Gasteiger partial charge on any atom is 0.242 e. The van der Waals surface area contributed by atoms with Gasteiger partial charge in [-0.15, -0.1) is 0 Å². The Kier molecular flexibility index (Phi) is 3.26. The van der Waals surface area contributed by atoms with Crippen molar-refractivity contribution >= 4 is 0 Å². The first-order valence-corrected chi connectivity index (χ1v) is 4.59. The van der Waals surface area contributed by atoms with E-state index in [0.717, 1.165) is 12.8 Å². The lowest BCUT2D eigenvalue weighted by molar-refractivity contribution is -0.428. The summed E-state index contributed by atoms with van der Waals surface area (Å²) in [6.45, 7) is 1.84. The highest BCUT2D eigenvalue weighted by Crippen LogP contribution is 2.27. The van der Waals surface area contributed by atoms with E-state index in [2.05, 4.69) is 0 Å². The van der Waals surface area contributed by atoms with Gasteiger partial charge in [-0.3, -0.25) is 10.1 Å². The maximum absolute atomic E-state index is 10.5. The van der Waals surface area contributed by atoms with Crippen molar-refractivity contribution in [3.05, 3.63) is 21.9 Å². The highest BCUT2D eigenvalue weighted by molar-refractivity contribution is 4.96. The first kappa shape index (κ1) is 9.23. The molecule has 0 spiro atoms. The van der Waals surface area contributed by atoms with Gasteiger partial charge >= 0.3 is 0 Å². The first-order valence-electron chi connectivity index (χ1n) is 4.59. The minimum atomic E-state index is -0.252. The van der Waals surface area contributed by atoms with E-state index < -0.39 is 0 Å². The molecule has 0 N–H and O–H groups in total. The van der Waals surface area contributed by atoms with Crippen molar-refractivity contribution in [2.45, 2.75) is 39.0 Å². The van der Waals surface area contributed by atoms with Gasteiger partial charge in [-0.05, 0) is 24.8 Å². The van der Waals surface area contributed by atoms with Gasteiger partial charge in [-0.2, -0.15) is 0 Å². The fourth-order valence-corrected chi connectivity index (χ4v) is 1.70. The third-order valence-corrected chi connectivity index (χ3v) is 2.42. The van der Waals surface area contributed by atoms with Crippen LogP contribution in [-0.2, 0) is 0 Å². The molecule has 3 heteroatoms. The lowest BCUT2D eigenvalue weighted by atomic mass is 10.1. The van der Waals surface area contributed by atoms with Crippen LogP contribution in [0.3, 0.4) is 0 Å². The second kappa shape index (κ2) is 4.24. The molecule has 0 unspecified atom stereocenters. The van der Waals surface area contributed by atoms with Crippen LogP contribution >= 0.6 is 0 Å². The van der Waals surface area contributed by atoms with Crippen molar-refractivity contribution < 1.29 is 4.92 Å². The van der Waals surface area contributed by atoms with Crippen LogP contribution in [0.15, 0.2) is 11.8 Å². The van der Waals surface area contributed by atoms with Crippen LogP contribution in [0.1, 0.15) is 39.0 Å². The molecule has 0 radical (unpaired) electrons. The highest BCUT2D eigenvalue weighted by atomic mass is 16.6. The van der Waals surface area contributed by atoms with Gasteiger partial charge in [0.1, 0.15) is 0 Å². The van der Waals surface area contributed by atoms with Gasteiger partial charge in [0, 0.05) is 6.42 Å². The lowest BCUT2D eigenvalue weighted by Gasteiger charge is -2.00. The molecule has 0 amide bonds. The molecule has 1 rings (SSSR count). The Bertz CT molecular complexity index is 193. The molecule has 0 aromatic rings. The molecular formula is C9H15NO2. The van der Waals surface area contributed by atoms with Crippen LogP contribution in [0, 0.1) is 16.0 Å². The molecular weight excluding hydrogens is 154 g/mol. The van der Waals surface area contributed by atoms with Crippen LogP contribution in [0.2, 0.25) is 0 Å². The number of hydrogen-bond acceptors (Lipinski definition) is 2. The zero-order chi connectivity index (χ0) is 8.97. The molecule has 1 aliphatic carbocycles. The molecule has 1 aliphatic rings. The van der Waals surface area contributed by atoms with Gasteiger partial charge in [0.25, 0.3) is 0 Å². The highest BCUT2D eigenvalue weighted by Gasteiger charge is 2.16. The fraction of sp³-hybridized carbons (Fsp3) is 0.778. The normalized spacial score (nSPS) is 19.9. The standard InChI is InChI=1S/C9H15NO2/c1-2-9(10(11)12)7-8-5-3-4-6-8/h7-8H,2-6H2,1H3. The van der Waals surface area contributed by atoms with Crippen LogP contribution in [0.4, 0.5) is 0 Å². The Morgan fingerprint density at radius 3 is 2.58 bits per heavy atom. The average molecular weight is 169 g/mol. The Morgan fingerprint density at radius 2 is 2.17 bits per heavy atom. The van der Waals surface area contributed by atoms with E-state index >= 15 is 0 Å². The van der Waals surface area contributed by atoms with Crippen LogP contribution < -0.4 is 0 Å². The third kappa shape index (κ3) is 2.32. The molecule has 0 aliphatic heterocycles. The van der Waals surface area contributed by atoms with E-state index in [1.54, 1.807) is 0 Å². The summed E-state index contributed by atoms with van der Waals surface area (Å²) in [6, 6.07) is 0.